The molecule has 0 saturated heterocycles. The highest BCUT2D eigenvalue weighted by Crippen LogP contribution is 2.33. The van der Waals surface area contributed by atoms with Gasteiger partial charge < -0.3 is 10.8 Å². The number of hydrogen-bond acceptors (Lipinski definition) is 4. The molecule has 98 valence electrons. The first-order chi connectivity index (χ1) is 7.97. The predicted octanol–water partition coefficient (Wildman–Crippen LogP) is 2.60. The van der Waals surface area contributed by atoms with Crippen LogP contribution in [-0.4, -0.2) is 35.2 Å². The molecule has 0 aliphatic heterocycles. The highest BCUT2D eigenvalue weighted by atomic mass is 79.9. The molecule has 2 unspecified atom stereocenters. The highest BCUT2D eigenvalue weighted by molar-refractivity contribution is 9.11. The molecule has 17 heavy (non-hydrogen) atoms. The van der Waals surface area contributed by atoms with Crippen molar-refractivity contribution in [3.8, 4) is 0 Å². The molecule has 1 aromatic rings. The first-order valence-electron chi connectivity index (χ1n) is 5.84. The summed E-state index contributed by atoms with van der Waals surface area (Å²) in [6.45, 7) is 7.10. The van der Waals surface area contributed by atoms with Crippen LogP contribution >= 0.6 is 27.3 Å². The third-order valence-electron chi connectivity index (χ3n) is 2.76. The number of aliphatic hydroxyl groups is 1. The largest absolute Gasteiger partial charge is 0.395 e. The number of aliphatic hydroxyl groups excluding tert-OH is 1. The SMILES string of the molecule is CC(N)C(c1ccc(Br)s1)N(CCO)C(C)C. The lowest BCUT2D eigenvalue weighted by atomic mass is 10.1. The second kappa shape index (κ2) is 6.85. The van der Waals surface area contributed by atoms with Gasteiger partial charge in [-0.3, -0.25) is 4.90 Å². The van der Waals surface area contributed by atoms with E-state index < -0.39 is 0 Å². The summed E-state index contributed by atoms with van der Waals surface area (Å²) in [6, 6.07) is 4.72. The highest BCUT2D eigenvalue weighted by Gasteiger charge is 2.26. The summed E-state index contributed by atoms with van der Waals surface area (Å²) in [5.74, 6) is 0. The standard InChI is InChI=1S/C12H21BrN2OS/c1-8(2)15(6-7-16)12(9(3)14)10-4-5-11(13)17-10/h4-5,8-9,12,16H,6-7,14H2,1-3H3. The Morgan fingerprint density at radius 1 is 1.41 bits per heavy atom. The van der Waals surface area contributed by atoms with E-state index in [1.54, 1.807) is 11.3 Å². The number of hydrogen-bond donors (Lipinski definition) is 2. The van der Waals surface area contributed by atoms with Crippen LogP contribution in [0.4, 0.5) is 0 Å². The Morgan fingerprint density at radius 3 is 2.41 bits per heavy atom. The van der Waals surface area contributed by atoms with Gasteiger partial charge in [-0.15, -0.1) is 11.3 Å². The van der Waals surface area contributed by atoms with Crippen LogP contribution in [0.3, 0.4) is 0 Å². The smallest absolute Gasteiger partial charge is 0.0702 e. The third kappa shape index (κ3) is 4.03. The molecular formula is C12H21BrN2OS. The fourth-order valence-corrected chi connectivity index (χ4v) is 3.71. The summed E-state index contributed by atoms with van der Waals surface area (Å²) >= 11 is 5.19. The Morgan fingerprint density at radius 2 is 2.06 bits per heavy atom. The fraction of sp³-hybridized carbons (Fsp3) is 0.667. The molecule has 0 saturated carbocycles. The van der Waals surface area contributed by atoms with E-state index in [2.05, 4.69) is 40.7 Å². The second-order valence-electron chi connectivity index (χ2n) is 4.50. The monoisotopic (exact) mass is 320 g/mol. The Bertz CT molecular complexity index is 341. The lowest BCUT2D eigenvalue weighted by Gasteiger charge is -2.36. The number of rotatable bonds is 6. The summed E-state index contributed by atoms with van der Waals surface area (Å²) in [5.41, 5.74) is 6.11. The molecule has 3 N–H and O–H groups in total. The van der Waals surface area contributed by atoms with Gasteiger partial charge in [0.05, 0.1) is 16.4 Å². The van der Waals surface area contributed by atoms with Gasteiger partial charge in [0.15, 0.2) is 0 Å². The molecule has 0 aliphatic rings. The van der Waals surface area contributed by atoms with E-state index in [4.69, 9.17) is 5.73 Å². The Balaban J connectivity index is 2.98. The van der Waals surface area contributed by atoms with Gasteiger partial charge in [-0.05, 0) is 48.8 Å². The van der Waals surface area contributed by atoms with E-state index in [9.17, 15) is 5.11 Å². The van der Waals surface area contributed by atoms with Crippen LogP contribution < -0.4 is 5.73 Å². The van der Waals surface area contributed by atoms with E-state index in [0.717, 1.165) is 3.79 Å². The maximum Gasteiger partial charge on any atom is 0.0702 e. The van der Waals surface area contributed by atoms with Crippen molar-refractivity contribution < 1.29 is 5.11 Å². The van der Waals surface area contributed by atoms with Gasteiger partial charge in [0, 0.05) is 23.5 Å². The molecule has 0 radical (unpaired) electrons. The summed E-state index contributed by atoms with van der Waals surface area (Å²) in [5, 5.41) is 9.18. The minimum atomic E-state index is 0.0366. The van der Waals surface area contributed by atoms with E-state index in [1.807, 2.05) is 13.0 Å². The van der Waals surface area contributed by atoms with Crippen molar-refractivity contribution in [2.75, 3.05) is 13.2 Å². The van der Waals surface area contributed by atoms with Crippen molar-refractivity contribution >= 4 is 27.3 Å². The van der Waals surface area contributed by atoms with Crippen LogP contribution in [0.1, 0.15) is 31.7 Å². The minimum Gasteiger partial charge on any atom is -0.395 e. The van der Waals surface area contributed by atoms with E-state index in [-0.39, 0.29) is 18.7 Å². The Kier molecular flexibility index (Phi) is 6.09. The van der Waals surface area contributed by atoms with Crippen LogP contribution in [-0.2, 0) is 0 Å². The zero-order valence-electron chi connectivity index (χ0n) is 10.6. The van der Waals surface area contributed by atoms with Gasteiger partial charge in [-0.25, -0.2) is 0 Å². The molecule has 1 rings (SSSR count). The van der Waals surface area contributed by atoms with Crippen LogP contribution in [0.25, 0.3) is 0 Å². The van der Waals surface area contributed by atoms with Crippen molar-refractivity contribution in [1.82, 2.24) is 4.90 Å². The molecule has 0 aliphatic carbocycles. The zero-order valence-corrected chi connectivity index (χ0v) is 13.0. The molecule has 2 atom stereocenters. The summed E-state index contributed by atoms with van der Waals surface area (Å²) in [6.07, 6.45) is 0. The maximum absolute atomic E-state index is 9.18. The molecule has 0 fully saturated rings. The summed E-state index contributed by atoms with van der Waals surface area (Å²) < 4.78 is 1.12. The van der Waals surface area contributed by atoms with Crippen molar-refractivity contribution in [3.63, 3.8) is 0 Å². The van der Waals surface area contributed by atoms with Crippen molar-refractivity contribution in [2.45, 2.75) is 38.9 Å². The molecule has 3 nitrogen and oxygen atoms in total. The third-order valence-corrected chi connectivity index (χ3v) is 4.46. The Labute approximate surface area is 116 Å². The molecule has 0 bridgehead atoms. The molecule has 0 amide bonds. The molecule has 0 spiro atoms. The molecular weight excluding hydrogens is 300 g/mol. The van der Waals surface area contributed by atoms with Gasteiger partial charge in [0.1, 0.15) is 0 Å². The van der Waals surface area contributed by atoms with E-state index >= 15 is 0 Å². The van der Waals surface area contributed by atoms with Gasteiger partial charge in [0.25, 0.3) is 0 Å². The average molecular weight is 321 g/mol. The lowest BCUT2D eigenvalue weighted by Crippen LogP contribution is -2.44. The first-order valence-corrected chi connectivity index (χ1v) is 7.45. The molecule has 1 heterocycles. The van der Waals surface area contributed by atoms with Gasteiger partial charge in [-0.1, -0.05) is 0 Å². The Hall–Kier alpha value is 0.0600. The van der Waals surface area contributed by atoms with Crippen LogP contribution in [0.5, 0.6) is 0 Å². The van der Waals surface area contributed by atoms with E-state index in [0.29, 0.717) is 12.6 Å². The predicted molar refractivity (Wildman–Crippen MR) is 77.3 cm³/mol. The normalized spacial score (nSPS) is 15.5. The van der Waals surface area contributed by atoms with Crippen LogP contribution in [0.2, 0.25) is 0 Å². The first kappa shape index (κ1) is 15.1. The van der Waals surface area contributed by atoms with Crippen LogP contribution in [0, 0.1) is 0 Å². The van der Waals surface area contributed by atoms with Gasteiger partial charge in [0.2, 0.25) is 0 Å². The maximum atomic E-state index is 9.18. The number of halogens is 1. The van der Waals surface area contributed by atoms with Crippen LogP contribution in [0.15, 0.2) is 15.9 Å². The fourth-order valence-electron chi connectivity index (χ4n) is 2.05. The quantitative estimate of drug-likeness (QED) is 0.847. The number of nitrogens with zero attached hydrogens (tertiary/aromatic N) is 1. The van der Waals surface area contributed by atoms with Gasteiger partial charge in [-0.2, -0.15) is 0 Å². The average Bonchev–Trinajstić information content (AvgIpc) is 2.63. The number of nitrogens with two attached hydrogens (primary N) is 1. The molecule has 0 aromatic carbocycles. The zero-order chi connectivity index (χ0) is 13.0. The second-order valence-corrected chi connectivity index (χ2v) is 7.00. The summed E-state index contributed by atoms with van der Waals surface area (Å²) in [7, 11) is 0. The minimum absolute atomic E-state index is 0.0366. The van der Waals surface area contributed by atoms with Crippen molar-refractivity contribution in [1.29, 1.82) is 0 Å². The van der Waals surface area contributed by atoms with E-state index in [1.165, 1.54) is 4.88 Å². The van der Waals surface area contributed by atoms with Crippen molar-refractivity contribution in [2.24, 2.45) is 5.73 Å². The number of thiophene rings is 1. The topological polar surface area (TPSA) is 49.5 Å². The van der Waals surface area contributed by atoms with Crippen molar-refractivity contribution in [3.05, 3.63) is 20.8 Å². The van der Waals surface area contributed by atoms with Gasteiger partial charge >= 0.3 is 0 Å². The summed E-state index contributed by atoms with van der Waals surface area (Å²) in [4.78, 5) is 3.50. The molecule has 5 heteroatoms. The lowest BCUT2D eigenvalue weighted by molar-refractivity contribution is 0.107. The molecule has 1 aromatic heterocycles.